The molecule has 1 atom stereocenters. The molecule has 1 fully saturated rings. The van der Waals surface area contributed by atoms with Crippen LogP contribution in [0, 0.1) is 5.92 Å². The van der Waals surface area contributed by atoms with Gasteiger partial charge in [-0.05, 0) is 42.7 Å². The van der Waals surface area contributed by atoms with Crippen LogP contribution < -0.4 is 10.2 Å². The number of carbonyl (C=O) groups is 2. The smallest absolute Gasteiger partial charge is 0.239 e. The predicted molar refractivity (Wildman–Crippen MR) is 113 cm³/mol. The molecule has 1 saturated heterocycles. The molecule has 0 spiro atoms. The average Bonchev–Trinajstić information content (AvgIpc) is 3.08. The van der Waals surface area contributed by atoms with Crippen LogP contribution in [0.5, 0.6) is 0 Å². The fourth-order valence-electron chi connectivity index (χ4n) is 3.33. The van der Waals surface area contributed by atoms with Crippen LogP contribution in [-0.2, 0) is 25.2 Å². The Morgan fingerprint density at radius 3 is 2.48 bits per heavy atom. The minimum Gasteiger partial charge on any atom is -0.355 e. The Kier molecular flexibility index (Phi) is 6.92. The van der Waals surface area contributed by atoms with Gasteiger partial charge in [0.2, 0.25) is 11.8 Å². The van der Waals surface area contributed by atoms with E-state index in [4.69, 9.17) is 11.6 Å². The largest absolute Gasteiger partial charge is 0.355 e. The molecule has 2 aromatic rings. The van der Waals surface area contributed by atoms with Crippen molar-refractivity contribution >= 4 is 38.9 Å². The van der Waals surface area contributed by atoms with Gasteiger partial charge in [-0.25, -0.2) is 8.42 Å². The summed E-state index contributed by atoms with van der Waals surface area (Å²) in [5.74, 6) is -1.38. The topological polar surface area (TPSA) is 83.6 Å². The molecule has 2 aromatic carbocycles. The number of benzene rings is 2. The first-order valence-corrected chi connectivity index (χ1v) is 11.6. The van der Waals surface area contributed by atoms with Gasteiger partial charge in [0.1, 0.15) is 5.92 Å². The highest BCUT2D eigenvalue weighted by Gasteiger charge is 2.37. The summed E-state index contributed by atoms with van der Waals surface area (Å²) in [6.07, 6.45) is 0.738. The zero-order valence-corrected chi connectivity index (χ0v) is 17.5. The number of sulfone groups is 1. The van der Waals surface area contributed by atoms with Gasteiger partial charge in [-0.3, -0.25) is 9.59 Å². The minimum atomic E-state index is -3.25. The van der Waals surface area contributed by atoms with E-state index >= 15 is 0 Å². The zero-order chi connectivity index (χ0) is 20.9. The van der Waals surface area contributed by atoms with E-state index in [1.54, 1.807) is 53.4 Å². The number of halogens is 1. The summed E-state index contributed by atoms with van der Waals surface area (Å²) in [4.78, 5) is 26.5. The van der Waals surface area contributed by atoms with Gasteiger partial charge in [-0.15, -0.1) is 0 Å². The van der Waals surface area contributed by atoms with Crippen LogP contribution in [-0.4, -0.2) is 39.1 Å². The Balaban J connectivity index is 1.45. The van der Waals surface area contributed by atoms with E-state index in [9.17, 15) is 18.0 Å². The Morgan fingerprint density at radius 2 is 1.79 bits per heavy atom. The van der Waals surface area contributed by atoms with Gasteiger partial charge < -0.3 is 10.2 Å². The Bertz CT molecular complexity index is 962. The molecule has 0 saturated carbocycles. The van der Waals surface area contributed by atoms with Crippen LogP contribution in [0.25, 0.3) is 0 Å². The van der Waals surface area contributed by atoms with Gasteiger partial charge in [-0.2, -0.15) is 0 Å². The summed E-state index contributed by atoms with van der Waals surface area (Å²) in [6.45, 7) is 0.682. The van der Waals surface area contributed by atoms with E-state index in [2.05, 4.69) is 5.32 Å². The molecule has 29 heavy (non-hydrogen) atoms. The van der Waals surface area contributed by atoms with Crippen molar-refractivity contribution in [3.63, 3.8) is 0 Å². The monoisotopic (exact) mass is 434 g/mol. The molecule has 1 unspecified atom stereocenters. The SMILES string of the molecule is O=C(NCCCS(=O)(=O)Cc1ccccc1)C1CCN(c2ccc(Cl)cc2)C1=O. The summed E-state index contributed by atoms with van der Waals surface area (Å²) >= 11 is 5.87. The normalized spacial score (nSPS) is 16.8. The summed E-state index contributed by atoms with van der Waals surface area (Å²) in [6, 6.07) is 15.9. The van der Waals surface area contributed by atoms with Crippen molar-refractivity contribution in [2.24, 2.45) is 5.92 Å². The fourth-order valence-corrected chi connectivity index (χ4v) is 4.88. The van der Waals surface area contributed by atoms with E-state index in [1.807, 2.05) is 6.07 Å². The first kappa shape index (κ1) is 21.3. The molecule has 0 radical (unpaired) electrons. The van der Waals surface area contributed by atoms with Crippen molar-refractivity contribution in [3.05, 3.63) is 65.2 Å². The molecule has 1 heterocycles. The summed E-state index contributed by atoms with van der Waals surface area (Å²) < 4.78 is 24.4. The van der Waals surface area contributed by atoms with Crippen LogP contribution >= 0.6 is 11.6 Å². The number of hydrogen-bond acceptors (Lipinski definition) is 4. The van der Waals surface area contributed by atoms with Gasteiger partial charge in [0.15, 0.2) is 9.84 Å². The Morgan fingerprint density at radius 1 is 1.10 bits per heavy atom. The lowest BCUT2D eigenvalue weighted by Gasteiger charge is -2.16. The van der Waals surface area contributed by atoms with Crippen LogP contribution in [0.15, 0.2) is 54.6 Å². The van der Waals surface area contributed by atoms with Crippen LogP contribution in [0.3, 0.4) is 0 Å². The van der Waals surface area contributed by atoms with Crippen molar-refractivity contribution in [1.29, 1.82) is 0 Å². The number of nitrogens with zero attached hydrogens (tertiary/aromatic N) is 1. The molecular formula is C21H23ClN2O4S. The molecule has 1 aliphatic rings. The molecule has 0 aliphatic carbocycles. The number of anilines is 1. The van der Waals surface area contributed by atoms with Gasteiger partial charge >= 0.3 is 0 Å². The summed E-state index contributed by atoms with van der Waals surface area (Å²) in [7, 11) is -3.25. The standard InChI is InChI=1S/C21H23ClN2O4S/c22-17-7-9-18(10-8-17)24-13-11-19(21(24)26)20(25)23-12-4-14-29(27,28)15-16-5-2-1-3-6-16/h1-3,5-10,19H,4,11-15H2,(H,23,25). The highest BCUT2D eigenvalue weighted by molar-refractivity contribution is 7.90. The summed E-state index contributed by atoms with van der Waals surface area (Å²) in [5.41, 5.74) is 1.46. The first-order valence-electron chi connectivity index (χ1n) is 9.45. The Hall–Kier alpha value is -2.38. The Labute approximate surface area is 175 Å². The number of carbonyl (C=O) groups excluding carboxylic acids is 2. The van der Waals surface area contributed by atoms with E-state index in [0.29, 0.717) is 30.1 Å². The number of hydrogen-bond donors (Lipinski definition) is 1. The van der Waals surface area contributed by atoms with E-state index < -0.39 is 15.8 Å². The molecule has 0 aromatic heterocycles. The molecule has 6 nitrogen and oxygen atoms in total. The van der Waals surface area contributed by atoms with Crippen molar-refractivity contribution in [1.82, 2.24) is 5.32 Å². The van der Waals surface area contributed by atoms with Crippen molar-refractivity contribution < 1.29 is 18.0 Å². The predicted octanol–water partition coefficient (Wildman–Crippen LogP) is 2.81. The molecule has 154 valence electrons. The second kappa shape index (κ2) is 9.41. The second-order valence-electron chi connectivity index (χ2n) is 7.03. The molecule has 0 bridgehead atoms. The lowest BCUT2D eigenvalue weighted by molar-refractivity contribution is -0.132. The zero-order valence-electron chi connectivity index (χ0n) is 15.9. The van der Waals surface area contributed by atoms with Crippen LogP contribution in [0.4, 0.5) is 5.69 Å². The average molecular weight is 435 g/mol. The van der Waals surface area contributed by atoms with E-state index in [-0.39, 0.29) is 29.9 Å². The van der Waals surface area contributed by atoms with Gasteiger partial charge in [0.25, 0.3) is 0 Å². The molecule has 1 N–H and O–H groups in total. The third kappa shape index (κ3) is 5.81. The van der Waals surface area contributed by atoms with Gasteiger partial charge in [0.05, 0.1) is 11.5 Å². The first-order chi connectivity index (χ1) is 13.9. The van der Waals surface area contributed by atoms with E-state index in [0.717, 1.165) is 5.56 Å². The molecule has 8 heteroatoms. The highest BCUT2D eigenvalue weighted by Crippen LogP contribution is 2.26. The second-order valence-corrected chi connectivity index (χ2v) is 9.65. The van der Waals surface area contributed by atoms with Crippen molar-refractivity contribution in [2.75, 3.05) is 23.7 Å². The van der Waals surface area contributed by atoms with Crippen molar-refractivity contribution in [2.45, 2.75) is 18.6 Å². The third-order valence-electron chi connectivity index (χ3n) is 4.82. The number of nitrogens with one attached hydrogen (secondary N) is 1. The number of rotatable bonds is 8. The maximum atomic E-state index is 12.6. The quantitative estimate of drug-likeness (QED) is 0.511. The lowest BCUT2D eigenvalue weighted by atomic mass is 10.1. The van der Waals surface area contributed by atoms with Gasteiger partial charge in [0, 0.05) is 23.8 Å². The lowest BCUT2D eigenvalue weighted by Crippen LogP contribution is -2.37. The molecular weight excluding hydrogens is 412 g/mol. The molecule has 1 aliphatic heterocycles. The number of amides is 2. The maximum Gasteiger partial charge on any atom is 0.239 e. The maximum absolute atomic E-state index is 12.6. The highest BCUT2D eigenvalue weighted by atomic mass is 35.5. The fraction of sp³-hybridized carbons (Fsp3) is 0.333. The van der Waals surface area contributed by atoms with Crippen molar-refractivity contribution in [3.8, 4) is 0 Å². The van der Waals surface area contributed by atoms with Gasteiger partial charge in [-0.1, -0.05) is 41.9 Å². The van der Waals surface area contributed by atoms with E-state index in [1.165, 1.54) is 0 Å². The molecule has 2 amide bonds. The minimum absolute atomic E-state index is 0.0149. The molecule has 3 rings (SSSR count). The third-order valence-corrected chi connectivity index (χ3v) is 6.76. The van der Waals surface area contributed by atoms with Crippen LogP contribution in [0.1, 0.15) is 18.4 Å². The van der Waals surface area contributed by atoms with Crippen LogP contribution in [0.2, 0.25) is 5.02 Å². The summed E-state index contributed by atoms with van der Waals surface area (Å²) in [5, 5.41) is 3.28.